The maximum atomic E-state index is 13.6. The molecule has 2 atom stereocenters. The van der Waals surface area contributed by atoms with Crippen LogP contribution in [0.25, 0.3) is 0 Å². The number of carbonyl (C=O) groups excluding carboxylic acids is 2. The maximum Gasteiger partial charge on any atom is 0.271 e. The van der Waals surface area contributed by atoms with Crippen LogP contribution in [0.5, 0.6) is 5.75 Å². The van der Waals surface area contributed by atoms with E-state index >= 15 is 0 Å². The Morgan fingerprint density at radius 2 is 1.89 bits per heavy atom. The van der Waals surface area contributed by atoms with E-state index < -0.39 is 23.1 Å². The molecule has 0 saturated heterocycles. The number of ketones is 1. The molecule has 7 heteroatoms. The van der Waals surface area contributed by atoms with E-state index in [0.29, 0.717) is 22.4 Å². The molecule has 1 heterocycles. The molecule has 4 rings (SSSR count). The molecule has 0 spiro atoms. The summed E-state index contributed by atoms with van der Waals surface area (Å²) in [5.41, 5.74) is 1.14. The first-order valence-corrected chi connectivity index (χ1v) is 8.36. The lowest BCUT2D eigenvalue weighted by atomic mass is 9.80. The van der Waals surface area contributed by atoms with Gasteiger partial charge in [-0.3, -0.25) is 10.2 Å². The lowest BCUT2D eigenvalue weighted by Crippen LogP contribution is -2.60. The van der Waals surface area contributed by atoms with Crippen molar-refractivity contribution < 1.29 is 19.4 Å². The molecule has 0 amide bonds. The van der Waals surface area contributed by atoms with Crippen molar-refractivity contribution in [3.8, 4) is 5.75 Å². The fourth-order valence-electron chi connectivity index (χ4n) is 4.11. The Balaban J connectivity index is 2.10. The molecule has 0 bridgehead atoms. The minimum atomic E-state index is -2.05. The Labute approximate surface area is 155 Å². The number of Topliss-reactive ketones (excluding diaryl/α,β-unsaturated/α-hetero) is 1. The van der Waals surface area contributed by atoms with Crippen molar-refractivity contribution in [2.75, 3.05) is 7.05 Å². The number of nitrogens with one attached hydrogen (secondary N) is 1. The summed E-state index contributed by atoms with van der Waals surface area (Å²) in [5.74, 6) is -2.61. The summed E-state index contributed by atoms with van der Waals surface area (Å²) in [6.07, 6.45) is 1.32. The van der Waals surface area contributed by atoms with E-state index in [2.05, 4.69) is 4.99 Å². The van der Waals surface area contributed by atoms with Gasteiger partial charge in [0.2, 0.25) is 23.4 Å². The summed E-state index contributed by atoms with van der Waals surface area (Å²) < 4.78 is 5.96. The second-order valence-electron chi connectivity index (χ2n) is 6.85. The van der Waals surface area contributed by atoms with Crippen molar-refractivity contribution in [1.82, 2.24) is 4.90 Å². The van der Waals surface area contributed by atoms with Gasteiger partial charge in [0.1, 0.15) is 5.75 Å². The Morgan fingerprint density at radius 3 is 2.59 bits per heavy atom. The van der Waals surface area contributed by atoms with Crippen molar-refractivity contribution in [3.63, 3.8) is 0 Å². The molecule has 2 unspecified atom stereocenters. The molecule has 2 N–H and O–H groups in total. The molecule has 136 valence electrons. The van der Waals surface area contributed by atoms with Gasteiger partial charge in [-0.15, -0.1) is 4.99 Å². The highest BCUT2D eigenvalue weighted by Crippen LogP contribution is 2.60. The van der Waals surface area contributed by atoms with Gasteiger partial charge >= 0.3 is 0 Å². The highest BCUT2D eigenvalue weighted by atomic mass is 16.6. The average Bonchev–Trinajstić information content (AvgIpc) is 3.00. The van der Waals surface area contributed by atoms with E-state index in [9.17, 15) is 14.7 Å². The number of isocyanates is 1. The topological polar surface area (TPSA) is 103 Å². The van der Waals surface area contributed by atoms with Crippen molar-refractivity contribution in [1.29, 1.82) is 5.41 Å². The van der Waals surface area contributed by atoms with Crippen LogP contribution >= 0.6 is 0 Å². The van der Waals surface area contributed by atoms with Crippen LogP contribution in [0.15, 0.2) is 41.4 Å². The van der Waals surface area contributed by atoms with Crippen molar-refractivity contribution in [2.24, 2.45) is 4.99 Å². The lowest BCUT2D eigenvalue weighted by Gasteiger charge is -2.40. The normalized spacial score (nSPS) is 24.4. The number of hydrogen-bond acceptors (Lipinski definition) is 5. The summed E-state index contributed by atoms with van der Waals surface area (Å²) in [7, 11) is 1.44. The molecule has 2 aromatic rings. The molecule has 27 heavy (non-hydrogen) atoms. The van der Waals surface area contributed by atoms with Crippen LogP contribution < -0.4 is 4.74 Å². The van der Waals surface area contributed by atoms with Gasteiger partial charge in [-0.05, 0) is 37.1 Å². The first-order valence-electron chi connectivity index (χ1n) is 8.36. The predicted octanol–water partition coefficient (Wildman–Crippen LogP) is 2.14. The number of carbonyl (C=O) groups is 1. The van der Waals surface area contributed by atoms with Gasteiger partial charge in [-0.1, -0.05) is 24.3 Å². The summed E-state index contributed by atoms with van der Waals surface area (Å²) in [6.45, 7) is 3.80. The quantitative estimate of drug-likeness (QED) is 0.459. The molecule has 1 aliphatic heterocycles. The summed E-state index contributed by atoms with van der Waals surface area (Å²) in [4.78, 5) is 28.8. The minimum Gasteiger partial charge on any atom is -0.454 e. The van der Waals surface area contributed by atoms with Crippen LogP contribution in [-0.4, -0.2) is 34.9 Å². The zero-order valence-corrected chi connectivity index (χ0v) is 15.0. The lowest BCUT2D eigenvalue weighted by molar-refractivity contribution is -0.188. The van der Waals surface area contributed by atoms with Crippen molar-refractivity contribution in [3.05, 3.63) is 64.2 Å². The maximum absolute atomic E-state index is 13.6. The number of likely N-dealkylation sites (N-methyl/N-ethyl adjacent to an activating group) is 1. The Bertz CT molecular complexity index is 1070. The minimum absolute atomic E-state index is 0.304. The highest BCUT2D eigenvalue weighted by Gasteiger charge is 2.73. The van der Waals surface area contributed by atoms with Crippen LogP contribution in [0, 0.1) is 19.3 Å². The zero-order valence-electron chi connectivity index (χ0n) is 15.0. The number of nitrogens with zero attached hydrogens (tertiary/aromatic N) is 2. The Kier molecular flexibility index (Phi) is 3.40. The van der Waals surface area contributed by atoms with Crippen LogP contribution in [0.4, 0.5) is 0 Å². The zero-order chi connectivity index (χ0) is 19.6. The van der Waals surface area contributed by atoms with E-state index in [-0.39, 0.29) is 0 Å². The second kappa shape index (κ2) is 5.36. The summed E-state index contributed by atoms with van der Waals surface area (Å²) >= 11 is 0. The Hall–Kier alpha value is -3.28. The summed E-state index contributed by atoms with van der Waals surface area (Å²) in [5, 5.41) is 19.8. The third-order valence-electron chi connectivity index (χ3n) is 5.57. The van der Waals surface area contributed by atoms with Crippen LogP contribution in [-0.2, 0) is 16.1 Å². The number of ether oxygens (including phenoxy) is 1. The van der Waals surface area contributed by atoms with Gasteiger partial charge in [0.05, 0.1) is 0 Å². The van der Waals surface area contributed by atoms with E-state index in [1.54, 1.807) is 36.4 Å². The number of benzene rings is 2. The molecule has 0 fully saturated rings. The summed E-state index contributed by atoms with van der Waals surface area (Å²) in [6, 6.07) is 10.2. The fourth-order valence-corrected chi connectivity index (χ4v) is 4.11. The smallest absolute Gasteiger partial charge is 0.271 e. The highest BCUT2D eigenvalue weighted by molar-refractivity contribution is 6.12. The molecule has 1 aliphatic carbocycles. The third kappa shape index (κ3) is 1.84. The number of rotatable bonds is 1. The number of aliphatic imine (C=N–C) groups is 1. The number of guanidine groups is 1. The van der Waals surface area contributed by atoms with E-state index in [1.807, 2.05) is 13.8 Å². The molecule has 0 saturated carbocycles. The van der Waals surface area contributed by atoms with Crippen LogP contribution in [0.2, 0.25) is 0 Å². The van der Waals surface area contributed by atoms with Gasteiger partial charge in [-0.25, -0.2) is 4.79 Å². The molecule has 2 aromatic carbocycles. The van der Waals surface area contributed by atoms with Gasteiger partial charge in [0.25, 0.3) is 5.79 Å². The molecular weight excluding hydrogens is 346 g/mol. The second-order valence-corrected chi connectivity index (χ2v) is 6.85. The fraction of sp³-hybridized carbons (Fsp3) is 0.250. The number of hydrogen-bond donors (Lipinski definition) is 2. The van der Waals surface area contributed by atoms with Crippen molar-refractivity contribution in [2.45, 2.75) is 25.2 Å². The van der Waals surface area contributed by atoms with E-state index in [4.69, 9.17) is 10.1 Å². The SMILES string of the molecule is Cc1cc2c(cc1C)C1(N(C)C(=N)N=C=O)C(=O)c3ccccc3C1(O)O2. The first kappa shape index (κ1) is 17.1. The molecule has 2 aliphatic rings. The van der Waals surface area contributed by atoms with Gasteiger partial charge in [0, 0.05) is 23.7 Å². The molecule has 7 nitrogen and oxygen atoms in total. The largest absolute Gasteiger partial charge is 0.454 e. The Morgan fingerprint density at radius 1 is 1.22 bits per heavy atom. The van der Waals surface area contributed by atoms with Crippen molar-refractivity contribution >= 4 is 17.8 Å². The van der Waals surface area contributed by atoms with Gasteiger partial charge < -0.3 is 14.7 Å². The van der Waals surface area contributed by atoms with Gasteiger partial charge in [-0.2, -0.15) is 0 Å². The first-order chi connectivity index (χ1) is 12.8. The van der Waals surface area contributed by atoms with E-state index in [1.165, 1.54) is 18.0 Å². The van der Waals surface area contributed by atoms with Crippen LogP contribution in [0.3, 0.4) is 0 Å². The van der Waals surface area contributed by atoms with Gasteiger partial charge in [0.15, 0.2) is 0 Å². The number of fused-ring (bicyclic) bond motifs is 5. The molecule has 0 radical (unpaired) electrons. The molecular formula is C20H17N3O4. The van der Waals surface area contributed by atoms with E-state index in [0.717, 1.165) is 11.1 Å². The number of aryl methyl sites for hydroxylation is 2. The standard InChI is InChI=1S/C20H17N3O4/c1-11-8-15-16(9-12(11)2)27-20(26)14-7-5-4-6-13(14)17(25)19(15,20)23(3)18(21)22-10-24/h4-9,21,26H,1-3H3. The number of aliphatic hydroxyl groups is 1. The van der Waals surface area contributed by atoms with Crippen LogP contribution in [0.1, 0.15) is 32.6 Å². The third-order valence-corrected chi connectivity index (χ3v) is 5.57. The molecule has 0 aromatic heterocycles. The monoisotopic (exact) mass is 363 g/mol. The predicted molar refractivity (Wildman–Crippen MR) is 96.5 cm³/mol. The average molecular weight is 363 g/mol.